The number of thiophene rings is 1. The summed E-state index contributed by atoms with van der Waals surface area (Å²) in [6, 6.07) is 3.39. The van der Waals surface area contributed by atoms with Gasteiger partial charge in [-0.15, -0.1) is 11.3 Å². The minimum Gasteiger partial charge on any atom is -0.346 e. The van der Waals surface area contributed by atoms with Crippen LogP contribution in [0.3, 0.4) is 0 Å². The molecule has 0 aromatic carbocycles. The average Bonchev–Trinajstić information content (AvgIpc) is 2.71. The highest BCUT2D eigenvalue weighted by molar-refractivity contribution is 7.18. The van der Waals surface area contributed by atoms with Gasteiger partial charge in [-0.3, -0.25) is 9.59 Å². The molecule has 1 heterocycles. The van der Waals surface area contributed by atoms with E-state index in [-0.39, 0.29) is 24.5 Å². The number of carbonyl (C=O) groups is 2. The summed E-state index contributed by atoms with van der Waals surface area (Å²) in [4.78, 5) is 25.3. The molecule has 5 heteroatoms. The maximum absolute atomic E-state index is 11.7. The van der Waals surface area contributed by atoms with Crippen LogP contribution in [0, 0.1) is 0 Å². The summed E-state index contributed by atoms with van der Waals surface area (Å²) in [5.41, 5.74) is 0. The van der Waals surface area contributed by atoms with Gasteiger partial charge in [-0.2, -0.15) is 0 Å². The van der Waals surface area contributed by atoms with Crippen molar-refractivity contribution in [3.05, 3.63) is 21.3 Å². The fourth-order valence-electron chi connectivity index (χ4n) is 1.18. The zero-order valence-electron chi connectivity index (χ0n) is 9.33. The normalized spacial score (nSPS) is 10.2. The summed E-state index contributed by atoms with van der Waals surface area (Å²) in [6.07, 6.45) is 0.513. The topological polar surface area (TPSA) is 37.4 Å². The van der Waals surface area contributed by atoms with E-state index in [0.717, 1.165) is 0 Å². The van der Waals surface area contributed by atoms with Crippen molar-refractivity contribution in [1.82, 2.24) is 4.90 Å². The second-order valence-corrected chi connectivity index (χ2v) is 5.15. The predicted octanol–water partition coefficient (Wildman–Crippen LogP) is 2.84. The fourth-order valence-corrected chi connectivity index (χ4v) is 2.19. The maximum atomic E-state index is 11.7. The van der Waals surface area contributed by atoms with Crippen LogP contribution in [0.25, 0.3) is 0 Å². The van der Waals surface area contributed by atoms with Crippen molar-refractivity contribution in [2.45, 2.75) is 19.8 Å². The van der Waals surface area contributed by atoms with Crippen LogP contribution in [-0.2, 0) is 4.79 Å². The van der Waals surface area contributed by atoms with E-state index in [0.29, 0.717) is 15.8 Å². The van der Waals surface area contributed by atoms with Crippen molar-refractivity contribution < 1.29 is 9.59 Å². The van der Waals surface area contributed by atoms with Crippen molar-refractivity contribution in [2.24, 2.45) is 0 Å². The summed E-state index contributed by atoms with van der Waals surface area (Å²) in [7, 11) is 1.73. The highest BCUT2D eigenvalue weighted by Gasteiger charge is 2.13. The number of nitrogens with zero attached hydrogens (tertiary/aromatic N) is 1. The molecule has 0 N–H and O–H groups in total. The van der Waals surface area contributed by atoms with E-state index in [9.17, 15) is 9.59 Å². The quantitative estimate of drug-likeness (QED) is 0.763. The first kappa shape index (κ1) is 13.2. The van der Waals surface area contributed by atoms with E-state index in [2.05, 4.69) is 0 Å². The molecular formula is C11H14ClNO2S. The second kappa shape index (κ2) is 6.01. The fraction of sp³-hybridized carbons (Fsp3) is 0.455. The van der Waals surface area contributed by atoms with E-state index < -0.39 is 0 Å². The van der Waals surface area contributed by atoms with Crippen LogP contribution in [0.5, 0.6) is 0 Å². The van der Waals surface area contributed by atoms with Crippen molar-refractivity contribution in [3.8, 4) is 0 Å². The van der Waals surface area contributed by atoms with Gasteiger partial charge in [-0.1, -0.05) is 11.6 Å². The van der Waals surface area contributed by atoms with Gasteiger partial charge >= 0.3 is 0 Å². The van der Waals surface area contributed by atoms with Crippen molar-refractivity contribution in [3.63, 3.8) is 0 Å². The van der Waals surface area contributed by atoms with Crippen molar-refractivity contribution in [2.75, 3.05) is 13.6 Å². The molecule has 3 nitrogen and oxygen atoms in total. The third kappa shape index (κ3) is 3.61. The highest BCUT2D eigenvalue weighted by atomic mass is 35.5. The largest absolute Gasteiger partial charge is 0.346 e. The number of carbonyl (C=O) groups excluding carboxylic acids is 2. The van der Waals surface area contributed by atoms with Crippen LogP contribution >= 0.6 is 22.9 Å². The smallest absolute Gasteiger partial charge is 0.222 e. The summed E-state index contributed by atoms with van der Waals surface area (Å²) in [5.74, 6) is -0.0201. The molecule has 0 aliphatic heterocycles. The summed E-state index contributed by atoms with van der Waals surface area (Å²) < 4.78 is 0.598. The second-order valence-electron chi connectivity index (χ2n) is 3.43. The minimum atomic E-state index is -0.0187. The Morgan fingerprint density at radius 1 is 1.38 bits per heavy atom. The molecule has 88 valence electrons. The van der Waals surface area contributed by atoms with Crippen LogP contribution in [0.4, 0.5) is 0 Å². The number of Topliss-reactive ketones (excluding diaryl/α,β-unsaturated/α-hetero) is 1. The number of rotatable bonds is 5. The lowest BCUT2D eigenvalue weighted by atomic mass is 10.2. The molecule has 0 atom stereocenters. The van der Waals surface area contributed by atoms with Gasteiger partial charge in [0.1, 0.15) is 0 Å². The molecule has 1 aromatic heterocycles. The van der Waals surface area contributed by atoms with Gasteiger partial charge in [0.2, 0.25) is 5.91 Å². The van der Waals surface area contributed by atoms with Gasteiger partial charge in [0.15, 0.2) is 5.78 Å². The molecule has 0 aliphatic carbocycles. The molecule has 0 spiro atoms. The van der Waals surface area contributed by atoms with Gasteiger partial charge in [0, 0.05) is 26.4 Å². The molecule has 1 rings (SSSR count). The van der Waals surface area contributed by atoms with Crippen molar-refractivity contribution >= 4 is 34.6 Å². The van der Waals surface area contributed by atoms with E-state index >= 15 is 0 Å². The monoisotopic (exact) mass is 259 g/mol. The Kier molecular flexibility index (Phi) is 4.96. The first-order valence-electron chi connectivity index (χ1n) is 5.07. The molecule has 1 amide bonds. The standard InChI is InChI=1S/C11H14ClNO2S/c1-3-13(2)11(15)7-4-8(14)9-5-6-10(12)16-9/h5-6H,3-4,7H2,1-2H3. The lowest BCUT2D eigenvalue weighted by molar-refractivity contribution is -0.129. The van der Waals surface area contributed by atoms with Crippen LogP contribution in [0.15, 0.2) is 12.1 Å². The Hall–Kier alpha value is -0.870. The Morgan fingerprint density at radius 2 is 2.06 bits per heavy atom. The molecule has 0 unspecified atom stereocenters. The number of amides is 1. The molecule has 0 aliphatic rings. The van der Waals surface area contributed by atoms with Gasteiger partial charge in [0.05, 0.1) is 9.21 Å². The lowest BCUT2D eigenvalue weighted by Crippen LogP contribution is -2.26. The molecular weight excluding hydrogens is 246 g/mol. The lowest BCUT2D eigenvalue weighted by Gasteiger charge is -2.13. The Labute approximate surface area is 104 Å². The van der Waals surface area contributed by atoms with Crippen LogP contribution < -0.4 is 0 Å². The molecule has 0 saturated carbocycles. The van der Waals surface area contributed by atoms with Crippen LogP contribution in [0.1, 0.15) is 29.4 Å². The molecule has 16 heavy (non-hydrogen) atoms. The highest BCUT2D eigenvalue weighted by Crippen LogP contribution is 2.22. The van der Waals surface area contributed by atoms with E-state index in [4.69, 9.17) is 11.6 Å². The zero-order chi connectivity index (χ0) is 12.1. The molecule has 0 fully saturated rings. The third-order valence-electron chi connectivity index (χ3n) is 2.31. The van der Waals surface area contributed by atoms with E-state index in [1.165, 1.54) is 11.3 Å². The molecule has 0 bridgehead atoms. The Bertz CT molecular complexity index is 389. The minimum absolute atomic E-state index is 0.00139. The van der Waals surface area contributed by atoms with Gasteiger partial charge in [-0.05, 0) is 19.1 Å². The SMILES string of the molecule is CCN(C)C(=O)CCC(=O)c1ccc(Cl)s1. The summed E-state index contributed by atoms with van der Waals surface area (Å²) in [6.45, 7) is 2.57. The van der Waals surface area contributed by atoms with Gasteiger partial charge in [-0.25, -0.2) is 0 Å². The Balaban J connectivity index is 2.44. The van der Waals surface area contributed by atoms with Gasteiger partial charge in [0.25, 0.3) is 0 Å². The van der Waals surface area contributed by atoms with Crippen LogP contribution in [-0.4, -0.2) is 30.2 Å². The maximum Gasteiger partial charge on any atom is 0.222 e. The van der Waals surface area contributed by atoms with Gasteiger partial charge < -0.3 is 4.90 Å². The number of hydrogen-bond donors (Lipinski definition) is 0. The zero-order valence-corrected chi connectivity index (χ0v) is 10.9. The summed E-state index contributed by atoms with van der Waals surface area (Å²) >= 11 is 6.98. The van der Waals surface area contributed by atoms with Crippen molar-refractivity contribution in [1.29, 1.82) is 0 Å². The third-order valence-corrected chi connectivity index (χ3v) is 3.59. The van der Waals surface area contributed by atoms with E-state index in [1.807, 2.05) is 6.92 Å². The number of hydrogen-bond acceptors (Lipinski definition) is 3. The summed E-state index contributed by atoms with van der Waals surface area (Å²) in [5, 5.41) is 0. The molecule has 1 aromatic rings. The number of ketones is 1. The Morgan fingerprint density at radius 3 is 2.56 bits per heavy atom. The first-order chi connectivity index (χ1) is 7.54. The molecule has 0 saturated heterocycles. The first-order valence-corrected chi connectivity index (χ1v) is 6.26. The van der Waals surface area contributed by atoms with Crippen LogP contribution in [0.2, 0.25) is 4.34 Å². The van der Waals surface area contributed by atoms with E-state index in [1.54, 1.807) is 24.1 Å². The molecule has 0 radical (unpaired) electrons. The number of halogens is 1. The predicted molar refractivity (Wildman–Crippen MR) is 66.2 cm³/mol. The average molecular weight is 260 g/mol.